The molecule has 1 unspecified atom stereocenters. The topological polar surface area (TPSA) is 98.7 Å². The molecule has 1 heterocycles. The third kappa shape index (κ3) is 5.44. The molecule has 8 heteroatoms. The van der Waals surface area contributed by atoms with Gasteiger partial charge in [0.15, 0.2) is 0 Å². The van der Waals surface area contributed by atoms with E-state index in [0.29, 0.717) is 24.2 Å². The van der Waals surface area contributed by atoms with Crippen molar-refractivity contribution in [2.45, 2.75) is 44.2 Å². The van der Waals surface area contributed by atoms with Crippen LogP contribution in [0, 0.1) is 0 Å². The minimum absolute atomic E-state index is 0. The number of halogens is 1. The lowest BCUT2D eigenvalue weighted by Crippen LogP contribution is -2.47. The van der Waals surface area contributed by atoms with Crippen molar-refractivity contribution in [1.29, 1.82) is 0 Å². The summed E-state index contributed by atoms with van der Waals surface area (Å²) in [5.74, 6) is -1.29. The normalized spacial score (nSPS) is 19.9. The van der Waals surface area contributed by atoms with E-state index in [9.17, 15) is 19.5 Å². The number of nitrogens with one attached hydrogen (secondary N) is 2. The van der Waals surface area contributed by atoms with Gasteiger partial charge < -0.3 is 15.7 Å². The summed E-state index contributed by atoms with van der Waals surface area (Å²) in [7, 11) is 0. The summed E-state index contributed by atoms with van der Waals surface area (Å²) in [6.07, 6.45) is 4.37. The molecular formula is C18H24ClN3O4. The first-order valence-corrected chi connectivity index (χ1v) is 8.70. The summed E-state index contributed by atoms with van der Waals surface area (Å²) >= 11 is 0. The summed E-state index contributed by atoms with van der Waals surface area (Å²) in [6.45, 7) is 0.643. The molecule has 142 valence electrons. The Hall–Kier alpha value is -2.12. The van der Waals surface area contributed by atoms with Gasteiger partial charge in [-0.1, -0.05) is 12.5 Å². The highest BCUT2D eigenvalue weighted by Crippen LogP contribution is 2.20. The fourth-order valence-electron chi connectivity index (χ4n) is 3.08. The van der Waals surface area contributed by atoms with Gasteiger partial charge >= 0.3 is 5.97 Å². The Labute approximate surface area is 158 Å². The average molecular weight is 382 g/mol. The maximum absolute atomic E-state index is 12.3. The smallest absolute Gasteiger partial charge is 0.320 e. The fourth-order valence-corrected chi connectivity index (χ4v) is 3.08. The van der Waals surface area contributed by atoms with Crippen molar-refractivity contribution >= 4 is 35.9 Å². The van der Waals surface area contributed by atoms with Crippen molar-refractivity contribution < 1.29 is 19.5 Å². The lowest BCUT2D eigenvalue weighted by molar-refractivity contribution is -0.145. The van der Waals surface area contributed by atoms with E-state index in [4.69, 9.17) is 0 Å². The average Bonchev–Trinajstić information content (AvgIpc) is 3.39. The number of amides is 2. The van der Waals surface area contributed by atoms with E-state index < -0.39 is 12.0 Å². The SMILES string of the molecule is Cl.O=C(CN1CCCCC1C(=O)O)Nc1cccc(C(=O)NC2CC2)c1. The van der Waals surface area contributed by atoms with Crippen molar-refractivity contribution in [3.8, 4) is 0 Å². The van der Waals surface area contributed by atoms with Crippen LogP contribution in [-0.2, 0) is 9.59 Å². The Balaban J connectivity index is 0.00000243. The largest absolute Gasteiger partial charge is 0.480 e. The van der Waals surface area contributed by atoms with E-state index in [1.54, 1.807) is 29.2 Å². The number of benzene rings is 1. The molecule has 2 aliphatic rings. The number of aliphatic carboxylic acids is 1. The van der Waals surface area contributed by atoms with Gasteiger partial charge in [0.1, 0.15) is 6.04 Å². The first kappa shape index (κ1) is 20.2. The van der Waals surface area contributed by atoms with Gasteiger partial charge in [-0.2, -0.15) is 0 Å². The second kappa shape index (κ2) is 9.00. The fraction of sp³-hybridized carbons (Fsp3) is 0.500. The molecule has 1 aliphatic heterocycles. The van der Waals surface area contributed by atoms with Gasteiger partial charge in [0.05, 0.1) is 6.54 Å². The van der Waals surface area contributed by atoms with E-state index in [1.807, 2.05) is 0 Å². The molecule has 7 nitrogen and oxygen atoms in total. The molecule has 3 rings (SSSR count). The minimum atomic E-state index is -0.883. The molecule has 3 N–H and O–H groups in total. The second-order valence-corrected chi connectivity index (χ2v) is 6.70. The number of carbonyl (C=O) groups is 3. The predicted molar refractivity (Wildman–Crippen MR) is 99.7 cm³/mol. The van der Waals surface area contributed by atoms with Crippen LogP contribution in [0.1, 0.15) is 42.5 Å². The number of piperidine rings is 1. The highest BCUT2D eigenvalue weighted by Gasteiger charge is 2.29. The number of rotatable bonds is 6. The summed E-state index contributed by atoms with van der Waals surface area (Å²) in [5.41, 5.74) is 1.04. The van der Waals surface area contributed by atoms with Crippen LogP contribution in [0.5, 0.6) is 0 Å². The van der Waals surface area contributed by atoms with Crippen molar-refractivity contribution in [2.75, 3.05) is 18.4 Å². The maximum Gasteiger partial charge on any atom is 0.320 e. The summed E-state index contributed by atoms with van der Waals surface area (Å²) < 4.78 is 0. The number of nitrogens with zero attached hydrogens (tertiary/aromatic N) is 1. The molecule has 1 aliphatic carbocycles. The number of carboxylic acid groups (broad SMARTS) is 1. The highest BCUT2D eigenvalue weighted by atomic mass is 35.5. The molecule has 0 radical (unpaired) electrons. The van der Waals surface area contributed by atoms with Gasteiger partial charge in [-0.3, -0.25) is 19.3 Å². The molecule has 0 bridgehead atoms. The lowest BCUT2D eigenvalue weighted by Gasteiger charge is -2.32. The van der Waals surface area contributed by atoms with E-state index in [0.717, 1.165) is 25.7 Å². The van der Waals surface area contributed by atoms with Crippen molar-refractivity contribution in [3.05, 3.63) is 29.8 Å². The minimum Gasteiger partial charge on any atom is -0.480 e. The standard InChI is InChI=1S/C18H23N3O4.ClH/c22-16(11-21-9-2-1-6-15(21)18(24)25)19-14-5-3-4-12(10-14)17(23)20-13-7-8-13;/h3-5,10,13,15H,1-2,6-9,11H2,(H,19,22)(H,20,23)(H,24,25);1H. The van der Waals surface area contributed by atoms with Crippen LogP contribution in [-0.4, -0.2) is 53.0 Å². The summed E-state index contributed by atoms with van der Waals surface area (Å²) in [6, 6.07) is 6.46. The first-order chi connectivity index (χ1) is 12.0. The Morgan fingerprint density at radius 3 is 2.62 bits per heavy atom. The molecule has 2 fully saturated rings. The quantitative estimate of drug-likeness (QED) is 0.698. The number of anilines is 1. The molecular weight excluding hydrogens is 358 g/mol. The Kier molecular flexibility index (Phi) is 6.99. The van der Waals surface area contributed by atoms with Gasteiger partial charge in [0, 0.05) is 17.3 Å². The van der Waals surface area contributed by atoms with Crippen LogP contribution >= 0.6 is 12.4 Å². The second-order valence-electron chi connectivity index (χ2n) is 6.70. The molecule has 0 spiro atoms. The number of carboxylic acids is 1. The Bertz CT molecular complexity index is 678. The van der Waals surface area contributed by atoms with Crippen LogP contribution in [0.4, 0.5) is 5.69 Å². The van der Waals surface area contributed by atoms with Crippen LogP contribution in [0.25, 0.3) is 0 Å². The van der Waals surface area contributed by atoms with Gasteiger partial charge in [0.2, 0.25) is 5.91 Å². The predicted octanol–water partition coefficient (Wildman–Crippen LogP) is 1.88. The molecule has 1 aromatic carbocycles. The van der Waals surface area contributed by atoms with E-state index in [1.165, 1.54) is 0 Å². The van der Waals surface area contributed by atoms with Crippen LogP contribution in [0.3, 0.4) is 0 Å². The molecule has 1 saturated carbocycles. The van der Waals surface area contributed by atoms with Gasteiger partial charge in [0.25, 0.3) is 5.91 Å². The summed E-state index contributed by atoms with van der Waals surface area (Å²) in [5, 5.41) is 14.9. The zero-order chi connectivity index (χ0) is 17.8. The van der Waals surface area contributed by atoms with Crippen molar-refractivity contribution in [3.63, 3.8) is 0 Å². The molecule has 1 aromatic rings. The van der Waals surface area contributed by atoms with E-state index in [2.05, 4.69) is 10.6 Å². The Morgan fingerprint density at radius 1 is 1.15 bits per heavy atom. The van der Waals surface area contributed by atoms with Gasteiger partial charge in [-0.05, 0) is 50.4 Å². The monoisotopic (exact) mass is 381 g/mol. The molecule has 26 heavy (non-hydrogen) atoms. The van der Waals surface area contributed by atoms with E-state index in [-0.39, 0.29) is 36.8 Å². The van der Waals surface area contributed by atoms with Crippen LogP contribution < -0.4 is 10.6 Å². The first-order valence-electron chi connectivity index (χ1n) is 8.70. The molecule has 0 aromatic heterocycles. The zero-order valence-corrected chi connectivity index (χ0v) is 15.3. The lowest BCUT2D eigenvalue weighted by atomic mass is 10.0. The molecule has 1 atom stereocenters. The maximum atomic E-state index is 12.3. The third-order valence-electron chi connectivity index (χ3n) is 4.57. The van der Waals surface area contributed by atoms with Gasteiger partial charge in [-0.15, -0.1) is 12.4 Å². The number of hydrogen-bond acceptors (Lipinski definition) is 4. The third-order valence-corrected chi connectivity index (χ3v) is 4.57. The van der Waals surface area contributed by atoms with Crippen LogP contribution in [0.2, 0.25) is 0 Å². The highest BCUT2D eigenvalue weighted by molar-refractivity contribution is 5.98. The van der Waals surface area contributed by atoms with E-state index >= 15 is 0 Å². The van der Waals surface area contributed by atoms with Crippen LogP contribution in [0.15, 0.2) is 24.3 Å². The number of carbonyl (C=O) groups excluding carboxylic acids is 2. The Morgan fingerprint density at radius 2 is 1.92 bits per heavy atom. The molecule has 1 saturated heterocycles. The molecule has 2 amide bonds. The van der Waals surface area contributed by atoms with Crippen molar-refractivity contribution in [2.24, 2.45) is 0 Å². The zero-order valence-electron chi connectivity index (χ0n) is 14.4. The van der Waals surface area contributed by atoms with Gasteiger partial charge in [-0.25, -0.2) is 0 Å². The number of likely N-dealkylation sites (tertiary alicyclic amines) is 1. The van der Waals surface area contributed by atoms with Crippen molar-refractivity contribution in [1.82, 2.24) is 10.2 Å². The summed E-state index contributed by atoms with van der Waals surface area (Å²) in [4.78, 5) is 37.3. The number of hydrogen-bond donors (Lipinski definition) is 3.